The average Bonchev–Trinajstić information content (AvgIpc) is 2.36. The van der Waals surface area contributed by atoms with E-state index in [-0.39, 0.29) is 11.8 Å². The number of rotatable bonds is 3. The van der Waals surface area contributed by atoms with Crippen molar-refractivity contribution in [2.45, 2.75) is 20.8 Å². The Morgan fingerprint density at radius 2 is 1.80 bits per heavy atom. The number of anilines is 1. The van der Waals surface area contributed by atoms with E-state index in [0.717, 1.165) is 0 Å². The van der Waals surface area contributed by atoms with E-state index in [1.54, 1.807) is 32.3 Å². The third kappa shape index (κ3) is 3.73. The highest BCUT2D eigenvalue weighted by Crippen LogP contribution is 2.25. The second kappa shape index (κ2) is 5.94. The maximum Gasteiger partial charge on any atom is 0.257 e. The molecule has 0 aliphatic heterocycles. The van der Waals surface area contributed by atoms with E-state index in [0.29, 0.717) is 17.0 Å². The Morgan fingerprint density at radius 1 is 1.20 bits per heavy atom. The molecule has 0 saturated heterocycles. The Kier molecular flexibility index (Phi) is 4.76. The number of carbonyl (C=O) groups excluding carboxylic acids is 2. The van der Waals surface area contributed by atoms with Gasteiger partial charge in [0, 0.05) is 25.2 Å². The van der Waals surface area contributed by atoms with Crippen LogP contribution in [0.15, 0.2) is 18.2 Å². The summed E-state index contributed by atoms with van der Waals surface area (Å²) in [7, 11) is 4.85. The first kappa shape index (κ1) is 16.0. The highest BCUT2D eigenvalue weighted by molar-refractivity contribution is 6.00. The summed E-state index contributed by atoms with van der Waals surface area (Å²) in [6.45, 7) is 5.49. The van der Waals surface area contributed by atoms with Crippen molar-refractivity contribution < 1.29 is 14.3 Å². The minimum absolute atomic E-state index is 0.106. The first-order valence-electron chi connectivity index (χ1n) is 6.38. The Bertz CT molecular complexity index is 516. The van der Waals surface area contributed by atoms with Gasteiger partial charge in [0.15, 0.2) is 0 Å². The molecular formula is C15H22N2O3. The van der Waals surface area contributed by atoms with Crippen LogP contribution in [0.25, 0.3) is 0 Å². The van der Waals surface area contributed by atoms with E-state index >= 15 is 0 Å². The van der Waals surface area contributed by atoms with E-state index in [2.05, 4.69) is 5.32 Å². The number of nitrogens with zero attached hydrogens (tertiary/aromatic N) is 1. The minimum atomic E-state index is -0.494. The fourth-order valence-electron chi connectivity index (χ4n) is 1.51. The van der Waals surface area contributed by atoms with Crippen molar-refractivity contribution in [2.24, 2.45) is 5.41 Å². The van der Waals surface area contributed by atoms with Crippen molar-refractivity contribution in [1.29, 1.82) is 0 Å². The molecule has 1 N–H and O–H groups in total. The van der Waals surface area contributed by atoms with Crippen LogP contribution in [0.4, 0.5) is 5.69 Å². The lowest BCUT2D eigenvalue weighted by Crippen LogP contribution is -2.28. The van der Waals surface area contributed by atoms with Gasteiger partial charge in [0.1, 0.15) is 5.75 Å². The Morgan fingerprint density at radius 3 is 2.25 bits per heavy atom. The molecule has 1 rings (SSSR count). The number of methoxy groups -OCH3 is 1. The molecule has 0 heterocycles. The van der Waals surface area contributed by atoms with Crippen LogP contribution in [-0.2, 0) is 4.79 Å². The van der Waals surface area contributed by atoms with E-state index in [9.17, 15) is 9.59 Å². The third-order valence-electron chi connectivity index (χ3n) is 2.78. The van der Waals surface area contributed by atoms with Crippen molar-refractivity contribution in [3.05, 3.63) is 23.8 Å². The van der Waals surface area contributed by atoms with Gasteiger partial charge in [0.2, 0.25) is 5.91 Å². The summed E-state index contributed by atoms with van der Waals surface area (Å²) in [5.41, 5.74) is 0.506. The predicted molar refractivity (Wildman–Crippen MR) is 79.1 cm³/mol. The van der Waals surface area contributed by atoms with Crippen molar-refractivity contribution in [1.82, 2.24) is 4.90 Å². The van der Waals surface area contributed by atoms with Crippen LogP contribution in [0.2, 0.25) is 0 Å². The zero-order chi connectivity index (χ0) is 15.5. The highest BCUT2D eigenvalue weighted by Gasteiger charge is 2.22. The molecule has 0 spiro atoms. The molecule has 0 aromatic heterocycles. The van der Waals surface area contributed by atoms with E-state index < -0.39 is 5.41 Å². The molecule has 5 heteroatoms. The van der Waals surface area contributed by atoms with Gasteiger partial charge in [-0.1, -0.05) is 20.8 Å². The Hall–Kier alpha value is -2.04. The van der Waals surface area contributed by atoms with Crippen LogP contribution in [0.5, 0.6) is 5.75 Å². The monoisotopic (exact) mass is 278 g/mol. The summed E-state index contributed by atoms with van der Waals surface area (Å²) in [6.07, 6.45) is 0. The lowest BCUT2D eigenvalue weighted by Gasteiger charge is -2.19. The lowest BCUT2D eigenvalue weighted by atomic mass is 9.95. The molecule has 0 radical (unpaired) electrons. The van der Waals surface area contributed by atoms with Crippen LogP contribution < -0.4 is 10.1 Å². The van der Waals surface area contributed by atoms with E-state index in [4.69, 9.17) is 4.74 Å². The summed E-state index contributed by atoms with van der Waals surface area (Å²) in [5.74, 6) is 0.206. The van der Waals surface area contributed by atoms with Gasteiger partial charge in [-0.3, -0.25) is 9.59 Å². The zero-order valence-corrected chi connectivity index (χ0v) is 12.9. The number of nitrogens with one attached hydrogen (secondary N) is 1. The van der Waals surface area contributed by atoms with Gasteiger partial charge < -0.3 is 15.0 Å². The van der Waals surface area contributed by atoms with Crippen LogP contribution in [0, 0.1) is 5.41 Å². The molecule has 0 aliphatic rings. The number of benzene rings is 1. The summed E-state index contributed by atoms with van der Waals surface area (Å²) in [6, 6.07) is 5.02. The molecule has 0 atom stereocenters. The van der Waals surface area contributed by atoms with Crippen molar-refractivity contribution in [3.63, 3.8) is 0 Å². The van der Waals surface area contributed by atoms with Gasteiger partial charge in [0.05, 0.1) is 12.7 Å². The summed E-state index contributed by atoms with van der Waals surface area (Å²) in [5, 5.41) is 2.80. The average molecular weight is 278 g/mol. The SMILES string of the molecule is COc1ccc(NC(=O)C(C)(C)C)cc1C(=O)N(C)C. The number of hydrogen-bond acceptors (Lipinski definition) is 3. The molecule has 2 amide bonds. The molecule has 0 bridgehead atoms. The zero-order valence-electron chi connectivity index (χ0n) is 12.9. The first-order valence-corrected chi connectivity index (χ1v) is 6.38. The maximum absolute atomic E-state index is 12.1. The Balaban J connectivity index is 3.11. The molecule has 5 nitrogen and oxygen atoms in total. The molecule has 1 aromatic rings. The molecule has 0 unspecified atom stereocenters. The van der Waals surface area contributed by atoms with Gasteiger partial charge in [-0.15, -0.1) is 0 Å². The molecule has 0 saturated carbocycles. The summed E-state index contributed by atoms with van der Waals surface area (Å²) < 4.78 is 5.18. The molecule has 0 fully saturated rings. The molecule has 110 valence electrons. The number of hydrogen-bond donors (Lipinski definition) is 1. The second-order valence-corrected chi connectivity index (χ2v) is 5.82. The fourth-order valence-corrected chi connectivity index (χ4v) is 1.51. The van der Waals surface area contributed by atoms with E-state index in [1.165, 1.54) is 12.0 Å². The van der Waals surface area contributed by atoms with Crippen LogP contribution >= 0.6 is 0 Å². The molecule has 1 aromatic carbocycles. The fraction of sp³-hybridized carbons (Fsp3) is 0.467. The number of ether oxygens (including phenoxy) is 1. The third-order valence-corrected chi connectivity index (χ3v) is 2.78. The topological polar surface area (TPSA) is 58.6 Å². The standard InChI is InChI=1S/C15H22N2O3/c1-15(2,3)14(19)16-10-7-8-12(20-6)11(9-10)13(18)17(4)5/h7-9H,1-6H3,(H,16,19). The quantitative estimate of drug-likeness (QED) is 0.923. The number of carbonyl (C=O) groups is 2. The molecular weight excluding hydrogens is 256 g/mol. The summed E-state index contributed by atoms with van der Waals surface area (Å²) in [4.78, 5) is 25.5. The first-order chi connectivity index (χ1) is 9.16. The lowest BCUT2D eigenvalue weighted by molar-refractivity contribution is -0.123. The second-order valence-electron chi connectivity index (χ2n) is 5.82. The van der Waals surface area contributed by atoms with Gasteiger partial charge in [-0.05, 0) is 18.2 Å². The number of amides is 2. The summed E-state index contributed by atoms with van der Waals surface area (Å²) >= 11 is 0. The van der Waals surface area contributed by atoms with Crippen LogP contribution in [-0.4, -0.2) is 37.9 Å². The largest absolute Gasteiger partial charge is 0.496 e. The van der Waals surface area contributed by atoms with Gasteiger partial charge in [0.25, 0.3) is 5.91 Å². The van der Waals surface area contributed by atoms with Crippen LogP contribution in [0.1, 0.15) is 31.1 Å². The molecule has 0 aliphatic carbocycles. The van der Waals surface area contributed by atoms with Crippen molar-refractivity contribution in [2.75, 3.05) is 26.5 Å². The highest BCUT2D eigenvalue weighted by atomic mass is 16.5. The van der Waals surface area contributed by atoms with Crippen molar-refractivity contribution >= 4 is 17.5 Å². The van der Waals surface area contributed by atoms with Gasteiger partial charge in [-0.2, -0.15) is 0 Å². The smallest absolute Gasteiger partial charge is 0.257 e. The van der Waals surface area contributed by atoms with Gasteiger partial charge in [-0.25, -0.2) is 0 Å². The Labute approximate surface area is 119 Å². The maximum atomic E-state index is 12.1. The van der Waals surface area contributed by atoms with E-state index in [1.807, 2.05) is 20.8 Å². The molecule has 20 heavy (non-hydrogen) atoms. The normalized spacial score (nSPS) is 10.9. The van der Waals surface area contributed by atoms with Crippen molar-refractivity contribution in [3.8, 4) is 5.75 Å². The predicted octanol–water partition coefficient (Wildman–Crippen LogP) is 2.38. The van der Waals surface area contributed by atoms with Crippen LogP contribution in [0.3, 0.4) is 0 Å². The minimum Gasteiger partial charge on any atom is -0.496 e. The van der Waals surface area contributed by atoms with Gasteiger partial charge >= 0.3 is 0 Å².